The Morgan fingerprint density at radius 3 is 2.00 bits per heavy atom. The molecule has 1 fully saturated rings. The maximum Gasteiger partial charge on any atom is 0.309 e. The molecule has 1 aliphatic carbocycles. The molecule has 2 atom stereocenters. The van der Waals surface area contributed by atoms with Crippen molar-refractivity contribution in [2.45, 2.75) is 11.3 Å². The molecule has 0 aromatic carbocycles. The monoisotopic (exact) mass is 168 g/mol. The Balaban J connectivity index is 2.62. The van der Waals surface area contributed by atoms with E-state index in [1.807, 2.05) is 0 Å². The van der Waals surface area contributed by atoms with Gasteiger partial charge in [0.25, 0.3) is 0 Å². The Labute approximate surface area is 62.8 Å². The summed E-state index contributed by atoms with van der Waals surface area (Å²) in [5.74, 6) is -1.59. The molecule has 1 aliphatic rings. The zero-order valence-electron chi connectivity index (χ0n) is 4.77. The molecule has 9 heavy (non-hydrogen) atoms. The lowest BCUT2D eigenvalue weighted by atomic mass is 10.3. The van der Waals surface area contributed by atoms with Crippen LogP contribution in [0.4, 0.5) is 0 Å². The molecule has 1 N–H and O–H groups in total. The van der Waals surface area contributed by atoms with Crippen molar-refractivity contribution in [2.75, 3.05) is 0 Å². The Hall–Kier alpha value is 0.0500. The number of alkyl halides is 2. The van der Waals surface area contributed by atoms with Gasteiger partial charge < -0.3 is 5.11 Å². The first-order valence-corrected chi connectivity index (χ1v) is 3.34. The Kier molecular flexibility index (Phi) is 1.41. The van der Waals surface area contributed by atoms with Crippen LogP contribution in [0.5, 0.6) is 0 Å². The van der Waals surface area contributed by atoms with Gasteiger partial charge in [0.2, 0.25) is 0 Å². The topological polar surface area (TPSA) is 37.3 Å². The predicted molar refractivity (Wildman–Crippen MR) is 34.7 cm³/mol. The first-order valence-electron chi connectivity index (χ1n) is 2.58. The summed E-state index contributed by atoms with van der Waals surface area (Å²) >= 11 is 11.1. The van der Waals surface area contributed by atoms with E-state index in [2.05, 4.69) is 0 Å². The van der Waals surface area contributed by atoms with Crippen molar-refractivity contribution in [2.24, 2.45) is 11.8 Å². The molecule has 0 radical (unpaired) electrons. The molecule has 0 aromatic rings. The van der Waals surface area contributed by atoms with Gasteiger partial charge in [-0.1, -0.05) is 6.92 Å². The molecule has 0 bridgehead atoms. The van der Waals surface area contributed by atoms with E-state index < -0.39 is 16.2 Å². The van der Waals surface area contributed by atoms with Gasteiger partial charge in [-0.3, -0.25) is 4.79 Å². The number of aliphatic carboxylic acids is 1. The highest BCUT2D eigenvalue weighted by molar-refractivity contribution is 6.52. The van der Waals surface area contributed by atoms with Crippen LogP contribution in [-0.2, 0) is 4.79 Å². The van der Waals surface area contributed by atoms with Gasteiger partial charge in [0.15, 0.2) is 0 Å². The first kappa shape index (κ1) is 7.16. The summed E-state index contributed by atoms with van der Waals surface area (Å²) in [6, 6.07) is 0. The van der Waals surface area contributed by atoms with Crippen molar-refractivity contribution in [3.8, 4) is 0 Å². The van der Waals surface area contributed by atoms with Crippen LogP contribution >= 0.6 is 23.2 Å². The maximum absolute atomic E-state index is 10.2. The Bertz CT molecular complexity index is 155. The molecule has 4 heteroatoms. The molecule has 2 nitrogen and oxygen atoms in total. The Morgan fingerprint density at radius 1 is 1.67 bits per heavy atom. The van der Waals surface area contributed by atoms with Gasteiger partial charge in [0.05, 0.1) is 5.92 Å². The minimum absolute atomic E-state index is 0.113. The number of rotatable bonds is 1. The van der Waals surface area contributed by atoms with Crippen molar-refractivity contribution in [1.82, 2.24) is 0 Å². The molecule has 0 saturated heterocycles. The van der Waals surface area contributed by atoms with Gasteiger partial charge in [-0.2, -0.15) is 0 Å². The van der Waals surface area contributed by atoms with E-state index in [0.717, 1.165) is 0 Å². The molecule has 0 heterocycles. The lowest BCUT2D eigenvalue weighted by molar-refractivity contribution is -0.138. The predicted octanol–water partition coefficient (Wildman–Crippen LogP) is 1.51. The second-order valence-electron chi connectivity index (χ2n) is 2.28. The highest BCUT2D eigenvalue weighted by Crippen LogP contribution is 2.58. The summed E-state index contributed by atoms with van der Waals surface area (Å²) < 4.78 is -1.01. The van der Waals surface area contributed by atoms with Gasteiger partial charge >= 0.3 is 5.97 Å². The average molecular weight is 169 g/mol. The van der Waals surface area contributed by atoms with E-state index in [4.69, 9.17) is 28.3 Å². The fourth-order valence-corrected chi connectivity index (χ4v) is 1.55. The average Bonchev–Trinajstić information content (AvgIpc) is 2.07. The number of hydrogen-bond donors (Lipinski definition) is 1. The van der Waals surface area contributed by atoms with E-state index in [9.17, 15) is 4.79 Å². The maximum atomic E-state index is 10.2. The third-order valence-corrected chi connectivity index (χ3v) is 2.84. The number of hydrogen-bond acceptors (Lipinski definition) is 1. The van der Waals surface area contributed by atoms with Crippen LogP contribution in [-0.4, -0.2) is 15.4 Å². The zero-order valence-corrected chi connectivity index (χ0v) is 6.28. The molecule has 0 aromatic heterocycles. The normalized spacial score (nSPS) is 38.1. The molecule has 0 spiro atoms. The smallest absolute Gasteiger partial charge is 0.309 e. The standard InChI is InChI=1S/C5H6Cl2O2/c1-2-3(4(8)9)5(2,6)7/h2-3H,1H3,(H,8,9)/t2-,3+/m0/s1. The molecule has 1 saturated carbocycles. The Morgan fingerprint density at radius 2 is 2.00 bits per heavy atom. The van der Waals surface area contributed by atoms with Crippen LogP contribution in [0.1, 0.15) is 6.92 Å². The molecule has 1 rings (SSSR count). The number of carbonyl (C=O) groups is 1. The molecular formula is C5H6Cl2O2. The fraction of sp³-hybridized carbons (Fsp3) is 0.800. The van der Waals surface area contributed by atoms with Crippen molar-refractivity contribution in [3.63, 3.8) is 0 Å². The lowest BCUT2D eigenvalue weighted by Gasteiger charge is -1.89. The second kappa shape index (κ2) is 1.77. The van der Waals surface area contributed by atoms with Crippen LogP contribution in [0.15, 0.2) is 0 Å². The van der Waals surface area contributed by atoms with E-state index in [1.54, 1.807) is 6.92 Å². The van der Waals surface area contributed by atoms with Gasteiger partial charge in [-0.05, 0) is 0 Å². The number of carboxylic acids is 1. The van der Waals surface area contributed by atoms with Crippen LogP contribution in [0.25, 0.3) is 0 Å². The van der Waals surface area contributed by atoms with Crippen molar-refractivity contribution in [1.29, 1.82) is 0 Å². The van der Waals surface area contributed by atoms with Gasteiger partial charge in [0, 0.05) is 5.92 Å². The summed E-state index contributed by atoms with van der Waals surface area (Å²) in [7, 11) is 0. The summed E-state index contributed by atoms with van der Waals surface area (Å²) in [5.41, 5.74) is 0. The summed E-state index contributed by atoms with van der Waals surface area (Å²) in [5, 5.41) is 8.39. The molecule has 52 valence electrons. The van der Waals surface area contributed by atoms with Gasteiger partial charge in [-0.15, -0.1) is 23.2 Å². The SMILES string of the molecule is C[C@H]1[C@H](C(=O)O)C1(Cl)Cl. The minimum Gasteiger partial charge on any atom is -0.481 e. The van der Waals surface area contributed by atoms with Gasteiger partial charge in [0.1, 0.15) is 4.33 Å². The van der Waals surface area contributed by atoms with E-state index in [-0.39, 0.29) is 5.92 Å². The summed E-state index contributed by atoms with van der Waals surface area (Å²) in [6.45, 7) is 1.72. The van der Waals surface area contributed by atoms with Crippen LogP contribution < -0.4 is 0 Å². The quantitative estimate of drug-likeness (QED) is 0.604. The fourth-order valence-electron chi connectivity index (χ4n) is 0.858. The lowest BCUT2D eigenvalue weighted by Crippen LogP contribution is -2.03. The van der Waals surface area contributed by atoms with Crippen LogP contribution in [0.2, 0.25) is 0 Å². The molecular weight excluding hydrogens is 163 g/mol. The zero-order chi connectivity index (χ0) is 7.23. The van der Waals surface area contributed by atoms with E-state index in [0.29, 0.717) is 0 Å². The third-order valence-electron chi connectivity index (χ3n) is 1.68. The highest BCUT2D eigenvalue weighted by atomic mass is 35.5. The number of halogens is 2. The highest BCUT2D eigenvalue weighted by Gasteiger charge is 2.64. The van der Waals surface area contributed by atoms with Gasteiger partial charge in [-0.25, -0.2) is 0 Å². The largest absolute Gasteiger partial charge is 0.481 e. The number of carboxylic acid groups (broad SMARTS) is 1. The molecule has 0 amide bonds. The minimum atomic E-state index is -1.01. The summed E-state index contributed by atoms with van der Waals surface area (Å²) in [6.07, 6.45) is 0. The third kappa shape index (κ3) is 0.904. The van der Waals surface area contributed by atoms with Crippen molar-refractivity contribution < 1.29 is 9.90 Å². The van der Waals surface area contributed by atoms with E-state index in [1.165, 1.54) is 0 Å². The second-order valence-corrected chi connectivity index (χ2v) is 3.72. The van der Waals surface area contributed by atoms with Crippen LogP contribution in [0.3, 0.4) is 0 Å². The summed E-state index contributed by atoms with van der Waals surface area (Å²) in [4.78, 5) is 10.2. The van der Waals surface area contributed by atoms with Crippen molar-refractivity contribution in [3.05, 3.63) is 0 Å². The first-order chi connectivity index (χ1) is 3.98. The van der Waals surface area contributed by atoms with Crippen LogP contribution in [0, 0.1) is 11.8 Å². The molecule has 0 aliphatic heterocycles. The molecule has 0 unspecified atom stereocenters. The van der Waals surface area contributed by atoms with Crippen molar-refractivity contribution >= 4 is 29.2 Å². The van der Waals surface area contributed by atoms with E-state index >= 15 is 0 Å².